The van der Waals surface area contributed by atoms with Crippen molar-refractivity contribution >= 4 is 5.84 Å². The molecular formula is C9H12N2. The number of nitrogens with zero attached hydrogens (tertiary/aromatic N) is 2. The van der Waals surface area contributed by atoms with Gasteiger partial charge in [0.15, 0.2) is 0 Å². The van der Waals surface area contributed by atoms with Gasteiger partial charge in [0.25, 0.3) is 0 Å². The molecule has 2 heterocycles. The maximum Gasteiger partial charge on any atom is 0.128 e. The first-order valence-corrected chi connectivity index (χ1v) is 3.89. The monoisotopic (exact) mass is 148 g/mol. The van der Waals surface area contributed by atoms with Crippen LogP contribution in [0.3, 0.4) is 0 Å². The summed E-state index contributed by atoms with van der Waals surface area (Å²) in [6.07, 6.45) is 8.21. The summed E-state index contributed by atoms with van der Waals surface area (Å²) in [6.45, 7) is 5.30. The average molecular weight is 148 g/mol. The van der Waals surface area contributed by atoms with Gasteiger partial charge in [-0.3, -0.25) is 4.99 Å². The Bertz CT molecular complexity index is 259. The Morgan fingerprint density at radius 3 is 3.00 bits per heavy atom. The minimum atomic E-state index is 0.177. The molecule has 0 aromatic carbocycles. The van der Waals surface area contributed by atoms with Gasteiger partial charge >= 0.3 is 0 Å². The summed E-state index contributed by atoms with van der Waals surface area (Å²) in [5.41, 5.74) is 0.177. The first-order valence-electron chi connectivity index (χ1n) is 3.89. The smallest absolute Gasteiger partial charge is 0.128 e. The molecule has 2 aliphatic heterocycles. The zero-order valence-electron chi connectivity index (χ0n) is 6.91. The quantitative estimate of drug-likeness (QED) is 0.509. The lowest BCUT2D eigenvalue weighted by Crippen LogP contribution is -2.40. The summed E-state index contributed by atoms with van der Waals surface area (Å²) in [7, 11) is 0. The largest absolute Gasteiger partial charge is 0.326 e. The fourth-order valence-electron chi connectivity index (χ4n) is 1.43. The molecule has 58 valence electrons. The molecule has 0 saturated carbocycles. The molecular weight excluding hydrogens is 136 g/mol. The lowest BCUT2D eigenvalue weighted by atomic mass is 10.1. The first-order chi connectivity index (χ1) is 5.20. The van der Waals surface area contributed by atoms with Crippen molar-refractivity contribution in [2.45, 2.75) is 19.4 Å². The van der Waals surface area contributed by atoms with Crippen molar-refractivity contribution in [2.24, 2.45) is 4.99 Å². The van der Waals surface area contributed by atoms with Crippen LogP contribution in [0, 0.1) is 0 Å². The summed E-state index contributed by atoms with van der Waals surface area (Å²) < 4.78 is 0. The highest BCUT2D eigenvalue weighted by Crippen LogP contribution is 2.24. The Morgan fingerprint density at radius 1 is 1.45 bits per heavy atom. The molecule has 0 saturated heterocycles. The molecule has 0 aromatic heterocycles. The van der Waals surface area contributed by atoms with Gasteiger partial charge in [-0.1, -0.05) is 6.08 Å². The van der Waals surface area contributed by atoms with Gasteiger partial charge in [0.05, 0.1) is 12.1 Å². The highest BCUT2D eigenvalue weighted by molar-refractivity contribution is 5.96. The van der Waals surface area contributed by atoms with Crippen LogP contribution in [0.1, 0.15) is 13.8 Å². The van der Waals surface area contributed by atoms with E-state index in [9.17, 15) is 0 Å². The van der Waals surface area contributed by atoms with E-state index < -0.39 is 0 Å². The number of hydrogen-bond donors (Lipinski definition) is 0. The van der Waals surface area contributed by atoms with Crippen LogP contribution < -0.4 is 0 Å². The van der Waals surface area contributed by atoms with E-state index in [0.717, 1.165) is 12.4 Å². The van der Waals surface area contributed by atoms with Crippen LogP contribution in [0.15, 0.2) is 29.4 Å². The van der Waals surface area contributed by atoms with Crippen molar-refractivity contribution in [3.63, 3.8) is 0 Å². The number of fused-ring (bicyclic) bond motifs is 1. The minimum Gasteiger partial charge on any atom is -0.326 e. The molecule has 0 unspecified atom stereocenters. The zero-order chi connectivity index (χ0) is 7.90. The molecule has 0 aliphatic carbocycles. The molecule has 0 amide bonds. The molecule has 0 N–H and O–H groups in total. The zero-order valence-corrected chi connectivity index (χ0v) is 6.91. The van der Waals surface area contributed by atoms with E-state index in [1.54, 1.807) is 0 Å². The van der Waals surface area contributed by atoms with E-state index in [1.165, 1.54) is 0 Å². The Balaban J connectivity index is 2.35. The average Bonchev–Trinajstić information content (AvgIpc) is 2.29. The van der Waals surface area contributed by atoms with E-state index in [0.29, 0.717) is 0 Å². The maximum absolute atomic E-state index is 4.42. The Kier molecular flexibility index (Phi) is 1.19. The fourth-order valence-corrected chi connectivity index (χ4v) is 1.43. The predicted octanol–water partition coefficient (Wildman–Crippen LogP) is 1.56. The highest BCUT2D eigenvalue weighted by Gasteiger charge is 2.32. The van der Waals surface area contributed by atoms with Crippen molar-refractivity contribution in [1.29, 1.82) is 0 Å². The molecule has 2 nitrogen and oxygen atoms in total. The Hall–Kier alpha value is -1.05. The number of amidine groups is 1. The molecule has 0 radical (unpaired) electrons. The van der Waals surface area contributed by atoms with Crippen molar-refractivity contribution in [3.05, 3.63) is 24.4 Å². The second kappa shape index (κ2) is 1.97. The van der Waals surface area contributed by atoms with Crippen molar-refractivity contribution in [1.82, 2.24) is 4.90 Å². The van der Waals surface area contributed by atoms with Crippen molar-refractivity contribution < 1.29 is 0 Å². The van der Waals surface area contributed by atoms with Crippen LogP contribution in [0.2, 0.25) is 0 Å². The van der Waals surface area contributed by atoms with E-state index in [-0.39, 0.29) is 5.54 Å². The standard InChI is InChI=1S/C9H12N2/c1-9(2)7-10-8-5-3-4-6-11(8)9/h3-6H,7H2,1-2H3. The third-order valence-corrected chi connectivity index (χ3v) is 2.12. The third kappa shape index (κ3) is 0.897. The van der Waals surface area contributed by atoms with Crippen molar-refractivity contribution in [2.75, 3.05) is 6.54 Å². The number of allylic oxidation sites excluding steroid dienone is 2. The Morgan fingerprint density at radius 2 is 2.27 bits per heavy atom. The van der Waals surface area contributed by atoms with Gasteiger partial charge in [-0.2, -0.15) is 0 Å². The topological polar surface area (TPSA) is 15.6 Å². The summed E-state index contributed by atoms with van der Waals surface area (Å²) >= 11 is 0. The van der Waals surface area contributed by atoms with E-state index >= 15 is 0 Å². The van der Waals surface area contributed by atoms with Crippen LogP contribution in [-0.4, -0.2) is 22.8 Å². The van der Waals surface area contributed by atoms with E-state index in [1.807, 2.05) is 12.2 Å². The number of rotatable bonds is 0. The summed E-state index contributed by atoms with van der Waals surface area (Å²) in [6, 6.07) is 0. The van der Waals surface area contributed by atoms with E-state index in [2.05, 4.69) is 36.0 Å². The molecule has 0 bridgehead atoms. The molecule has 2 rings (SSSR count). The third-order valence-electron chi connectivity index (χ3n) is 2.12. The van der Waals surface area contributed by atoms with Gasteiger partial charge < -0.3 is 4.90 Å². The number of hydrogen-bond acceptors (Lipinski definition) is 2. The summed E-state index contributed by atoms with van der Waals surface area (Å²) in [5.74, 6) is 1.09. The molecule has 11 heavy (non-hydrogen) atoms. The van der Waals surface area contributed by atoms with Gasteiger partial charge in [-0.05, 0) is 26.0 Å². The second-order valence-electron chi connectivity index (χ2n) is 3.56. The van der Waals surface area contributed by atoms with Crippen LogP contribution in [0.25, 0.3) is 0 Å². The summed E-state index contributed by atoms with van der Waals surface area (Å²) in [4.78, 5) is 6.63. The molecule has 2 aliphatic rings. The SMILES string of the molecule is CC1(C)CN=C2C=CC=CN21. The van der Waals surface area contributed by atoms with Gasteiger partial charge in [0, 0.05) is 6.20 Å². The summed E-state index contributed by atoms with van der Waals surface area (Å²) in [5, 5.41) is 0. The van der Waals surface area contributed by atoms with Gasteiger partial charge in [0.2, 0.25) is 0 Å². The predicted molar refractivity (Wildman–Crippen MR) is 46.5 cm³/mol. The second-order valence-corrected chi connectivity index (χ2v) is 3.56. The van der Waals surface area contributed by atoms with Crippen LogP contribution in [0.5, 0.6) is 0 Å². The van der Waals surface area contributed by atoms with Crippen LogP contribution in [-0.2, 0) is 0 Å². The molecule has 0 aromatic rings. The Labute approximate surface area is 66.9 Å². The maximum atomic E-state index is 4.42. The lowest BCUT2D eigenvalue weighted by molar-refractivity contribution is 0.321. The fraction of sp³-hybridized carbons (Fsp3) is 0.444. The van der Waals surface area contributed by atoms with Gasteiger partial charge in [-0.15, -0.1) is 0 Å². The molecule has 2 heteroatoms. The van der Waals surface area contributed by atoms with Gasteiger partial charge in [-0.25, -0.2) is 0 Å². The normalized spacial score (nSPS) is 25.3. The molecule has 0 fully saturated rings. The molecule has 0 spiro atoms. The lowest BCUT2D eigenvalue weighted by Gasteiger charge is -2.31. The minimum absolute atomic E-state index is 0.177. The molecule has 0 atom stereocenters. The first kappa shape index (κ1) is 6.65. The van der Waals surface area contributed by atoms with Crippen LogP contribution >= 0.6 is 0 Å². The van der Waals surface area contributed by atoms with Crippen molar-refractivity contribution in [3.8, 4) is 0 Å². The van der Waals surface area contributed by atoms with Gasteiger partial charge in [0.1, 0.15) is 5.84 Å². The number of aliphatic imine (C=N–C) groups is 1. The van der Waals surface area contributed by atoms with Crippen LogP contribution in [0.4, 0.5) is 0 Å². The highest BCUT2D eigenvalue weighted by atomic mass is 15.3. The van der Waals surface area contributed by atoms with E-state index in [4.69, 9.17) is 0 Å².